The molecular weight excluding hydrogens is 364 g/mol. The summed E-state index contributed by atoms with van der Waals surface area (Å²) in [6.45, 7) is 0. The van der Waals surface area contributed by atoms with Gasteiger partial charge in [0.05, 0.1) is 11.0 Å². The van der Waals surface area contributed by atoms with Gasteiger partial charge in [0.15, 0.2) is 0 Å². The second-order valence-corrected chi connectivity index (χ2v) is 8.67. The maximum atomic E-state index is 12.6. The molecular formula is C23H32N4O2. The number of aryl methyl sites for hydroxylation is 1. The van der Waals surface area contributed by atoms with Crippen molar-refractivity contribution in [3.05, 3.63) is 30.1 Å². The summed E-state index contributed by atoms with van der Waals surface area (Å²) in [6, 6.07) is 8.27. The van der Waals surface area contributed by atoms with E-state index in [9.17, 15) is 9.59 Å². The summed E-state index contributed by atoms with van der Waals surface area (Å²) in [5.41, 5.74) is 1.94. The van der Waals surface area contributed by atoms with Crippen LogP contribution >= 0.6 is 0 Å². The molecule has 2 amide bonds. The summed E-state index contributed by atoms with van der Waals surface area (Å²) < 4.78 is 0. The number of aromatic nitrogens is 2. The second-order valence-electron chi connectivity index (χ2n) is 8.67. The van der Waals surface area contributed by atoms with E-state index in [1.807, 2.05) is 24.3 Å². The van der Waals surface area contributed by atoms with Crippen LogP contribution in [0.25, 0.3) is 11.0 Å². The highest BCUT2D eigenvalue weighted by Crippen LogP contribution is 2.25. The number of carbonyl (C=O) groups excluding carboxylic acids is 2. The van der Waals surface area contributed by atoms with Gasteiger partial charge in [0, 0.05) is 30.8 Å². The van der Waals surface area contributed by atoms with Gasteiger partial charge in [-0.05, 0) is 44.2 Å². The Morgan fingerprint density at radius 2 is 1.69 bits per heavy atom. The summed E-state index contributed by atoms with van der Waals surface area (Å²) >= 11 is 0. The molecule has 2 atom stereocenters. The molecule has 0 saturated heterocycles. The Labute approximate surface area is 172 Å². The molecule has 1 aromatic heterocycles. The van der Waals surface area contributed by atoms with Gasteiger partial charge in [-0.2, -0.15) is 0 Å². The molecule has 4 rings (SSSR count). The van der Waals surface area contributed by atoms with Crippen LogP contribution in [0.4, 0.5) is 0 Å². The summed E-state index contributed by atoms with van der Waals surface area (Å²) in [5.74, 6) is 1.33. The predicted molar refractivity (Wildman–Crippen MR) is 113 cm³/mol. The number of para-hydroxylation sites is 2. The smallest absolute Gasteiger partial charge is 0.223 e. The van der Waals surface area contributed by atoms with Gasteiger partial charge >= 0.3 is 0 Å². The van der Waals surface area contributed by atoms with Crippen LogP contribution in [0.1, 0.15) is 70.0 Å². The Morgan fingerprint density at radius 3 is 2.45 bits per heavy atom. The fraction of sp³-hybridized carbons (Fsp3) is 0.609. The van der Waals surface area contributed by atoms with E-state index < -0.39 is 0 Å². The van der Waals surface area contributed by atoms with Gasteiger partial charge in [-0.15, -0.1) is 0 Å². The van der Waals surface area contributed by atoms with Crippen LogP contribution in [-0.2, 0) is 16.0 Å². The van der Waals surface area contributed by atoms with Crippen LogP contribution < -0.4 is 10.6 Å². The standard InChI is InChI=1S/C23H32N4O2/c28-22(14-13-21-26-19-9-5-6-10-20(19)27-21)24-17-11-12-18(15-17)25-23(29)16-7-3-1-2-4-8-16/h5-6,9-10,16-18H,1-4,7-8,11-15H2,(H,24,28)(H,25,29)(H,26,27)/t17-,18+/m1/s1. The minimum absolute atomic E-state index is 0.0613. The zero-order chi connectivity index (χ0) is 20.1. The van der Waals surface area contributed by atoms with Crippen molar-refractivity contribution >= 4 is 22.8 Å². The first-order valence-corrected chi connectivity index (χ1v) is 11.2. The zero-order valence-electron chi connectivity index (χ0n) is 17.1. The van der Waals surface area contributed by atoms with Gasteiger partial charge < -0.3 is 15.6 Å². The van der Waals surface area contributed by atoms with E-state index in [0.29, 0.717) is 12.8 Å². The number of carbonyl (C=O) groups is 2. The summed E-state index contributed by atoms with van der Waals surface area (Å²) in [6.07, 6.45) is 10.7. The average Bonchev–Trinajstić information content (AvgIpc) is 3.23. The third kappa shape index (κ3) is 5.37. The Morgan fingerprint density at radius 1 is 0.966 bits per heavy atom. The first-order chi connectivity index (χ1) is 14.2. The lowest BCUT2D eigenvalue weighted by atomic mass is 9.99. The van der Waals surface area contributed by atoms with Crippen molar-refractivity contribution in [3.8, 4) is 0 Å². The van der Waals surface area contributed by atoms with Crippen molar-refractivity contribution in [1.29, 1.82) is 0 Å². The van der Waals surface area contributed by atoms with E-state index in [4.69, 9.17) is 0 Å². The quantitative estimate of drug-likeness (QED) is 0.652. The molecule has 0 spiro atoms. The molecule has 2 aliphatic carbocycles. The molecule has 0 radical (unpaired) electrons. The van der Waals surface area contributed by atoms with Crippen LogP contribution in [0.15, 0.2) is 24.3 Å². The van der Waals surface area contributed by atoms with Crippen molar-refractivity contribution < 1.29 is 9.59 Å². The monoisotopic (exact) mass is 396 g/mol. The molecule has 156 valence electrons. The number of benzene rings is 1. The van der Waals surface area contributed by atoms with E-state index in [-0.39, 0.29) is 29.8 Å². The van der Waals surface area contributed by atoms with Crippen LogP contribution in [-0.4, -0.2) is 33.9 Å². The predicted octanol–water partition coefficient (Wildman–Crippen LogP) is 3.62. The largest absolute Gasteiger partial charge is 0.353 e. The highest BCUT2D eigenvalue weighted by Gasteiger charge is 2.29. The van der Waals surface area contributed by atoms with Gasteiger partial charge in [0.25, 0.3) is 0 Å². The fourth-order valence-electron chi connectivity index (χ4n) is 4.76. The molecule has 6 heteroatoms. The molecule has 2 aromatic rings. The number of nitrogens with one attached hydrogen (secondary N) is 3. The Bertz CT molecular complexity index is 805. The molecule has 1 aromatic carbocycles. The molecule has 6 nitrogen and oxygen atoms in total. The van der Waals surface area contributed by atoms with Crippen LogP contribution in [0.3, 0.4) is 0 Å². The number of nitrogens with zero attached hydrogens (tertiary/aromatic N) is 1. The van der Waals surface area contributed by atoms with Crippen LogP contribution in [0.2, 0.25) is 0 Å². The molecule has 2 fully saturated rings. The van der Waals surface area contributed by atoms with Crippen molar-refractivity contribution in [3.63, 3.8) is 0 Å². The van der Waals surface area contributed by atoms with E-state index in [0.717, 1.165) is 49.0 Å². The van der Waals surface area contributed by atoms with Crippen molar-refractivity contribution in [2.75, 3.05) is 0 Å². The third-order valence-corrected chi connectivity index (χ3v) is 6.40. The van der Waals surface area contributed by atoms with E-state index in [1.54, 1.807) is 0 Å². The number of fused-ring (bicyclic) bond motifs is 1. The molecule has 0 unspecified atom stereocenters. The maximum Gasteiger partial charge on any atom is 0.223 e. The first-order valence-electron chi connectivity index (χ1n) is 11.2. The van der Waals surface area contributed by atoms with Crippen LogP contribution in [0.5, 0.6) is 0 Å². The summed E-state index contributed by atoms with van der Waals surface area (Å²) in [7, 11) is 0. The van der Waals surface area contributed by atoms with Gasteiger partial charge in [-0.25, -0.2) is 4.98 Å². The fourth-order valence-corrected chi connectivity index (χ4v) is 4.76. The molecule has 1 heterocycles. The number of H-pyrrole nitrogens is 1. The Balaban J connectivity index is 1.19. The highest BCUT2D eigenvalue weighted by molar-refractivity contribution is 5.79. The lowest BCUT2D eigenvalue weighted by Gasteiger charge is -2.19. The molecule has 0 aliphatic heterocycles. The normalized spacial score (nSPS) is 23.0. The SMILES string of the molecule is O=C(CCc1nc2ccccc2[nH]1)N[C@@H]1CC[C@H](NC(=O)C2CCCCCC2)C1. The third-order valence-electron chi connectivity index (χ3n) is 6.40. The number of amides is 2. The summed E-state index contributed by atoms with van der Waals surface area (Å²) in [5, 5.41) is 6.39. The highest BCUT2D eigenvalue weighted by atomic mass is 16.2. The molecule has 0 bridgehead atoms. The number of rotatable bonds is 6. The molecule has 2 aliphatic rings. The van der Waals surface area contributed by atoms with Crippen molar-refractivity contribution in [1.82, 2.24) is 20.6 Å². The van der Waals surface area contributed by atoms with E-state index >= 15 is 0 Å². The van der Waals surface area contributed by atoms with E-state index in [1.165, 1.54) is 25.7 Å². The lowest BCUT2D eigenvalue weighted by Crippen LogP contribution is -2.39. The van der Waals surface area contributed by atoms with Gasteiger partial charge in [-0.1, -0.05) is 37.8 Å². The van der Waals surface area contributed by atoms with Gasteiger partial charge in [0.1, 0.15) is 5.82 Å². The number of imidazole rings is 1. The summed E-state index contributed by atoms with van der Waals surface area (Å²) in [4.78, 5) is 32.7. The number of aromatic amines is 1. The second kappa shape index (κ2) is 9.42. The maximum absolute atomic E-state index is 12.6. The zero-order valence-corrected chi connectivity index (χ0v) is 17.1. The molecule has 2 saturated carbocycles. The number of hydrogen-bond donors (Lipinski definition) is 3. The van der Waals surface area contributed by atoms with Crippen molar-refractivity contribution in [2.24, 2.45) is 5.92 Å². The van der Waals surface area contributed by atoms with Gasteiger partial charge in [-0.3, -0.25) is 9.59 Å². The average molecular weight is 397 g/mol. The Hall–Kier alpha value is -2.37. The lowest BCUT2D eigenvalue weighted by molar-refractivity contribution is -0.126. The van der Waals surface area contributed by atoms with Gasteiger partial charge in [0.2, 0.25) is 11.8 Å². The van der Waals surface area contributed by atoms with E-state index in [2.05, 4.69) is 20.6 Å². The minimum atomic E-state index is 0.0613. The Kier molecular flexibility index (Phi) is 6.47. The number of hydrogen-bond acceptors (Lipinski definition) is 3. The molecule has 3 N–H and O–H groups in total. The van der Waals surface area contributed by atoms with Crippen molar-refractivity contribution in [2.45, 2.75) is 82.7 Å². The molecule has 29 heavy (non-hydrogen) atoms. The van der Waals surface area contributed by atoms with Crippen LogP contribution in [0, 0.1) is 5.92 Å². The topological polar surface area (TPSA) is 86.9 Å². The first kappa shape index (κ1) is 19.9. The minimum Gasteiger partial charge on any atom is -0.353 e.